The molecule has 3 rings (SSSR count). The van der Waals surface area contributed by atoms with E-state index in [4.69, 9.17) is 0 Å². The van der Waals surface area contributed by atoms with Gasteiger partial charge in [0.05, 0.1) is 6.54 Å². The summed E-state index contributed by atoms with van der Waals surface area (Å²) in [6, 6.07) is 16.2. The van der Waals surface area contributed by atoms with E-state index in [1.807, 2.05) is 49.4 Å². The minimum atomic E-state index is -0.667. The molecule has 0 N–H and O–H groups in total. The highest BCUT2D eigenvalue weighted by molar-refractivity contribution is 5.66. The van der Waals surface area contributed by atoms with Crippen LogP contribution in [0.5, 0.6) is 0 Å². The van der Waals surface area contributed by atoms with Crippen molar-refractivity contribution in [3.8, 4) is 11.1 Å². The Morgan fingerprint density at radius 1 is 0.923 bits per heavy atom. The highest BCUT2D eigenvalue weighted by atomic mass is 19.1. The van der Waals surface area contributed by atoms with E-state index in [1.54, 1.807) is 10.6 Å². The highest BCUT2D eigenvalue weighted by Crippen LogP contribution is 2.22. The van der Waals surface area contributed by atoms with Crippen LogP contribution in [0.4, 0.5) is 8.78 Å². The van der Waals surface area contributed by atoms with Crippen molar-refractivity contribution in [3.05, 3.63) is 100.0 Å². The summed E-state index contributed by atoms with van der Waals surface area (Å²) >= 11 is 0. The third-order valence-electron chi connectivity index (χ3n) is 4.06. The van der Waals surface area contributed by atoms with Crippen LogP contribution in [-0.2, 0) is 6.54 Å². The lowest BCUT2D eigenvalue weighted by Gasteiger charge is -2.13. The van der Waals surface area contributed by atoms with Gasteiger partial charge < -0.3 is 4.57 Å². The second-order valence-electron chi connectivity index (χ2n) is 6.05. The van der Waals surface area contributed by atoms with Crippen LogP contribution < -0.4 is 5.56 Å². The number of pyridine rings is 1. The molecule has 3 aromatic rings. The maximum absolute atomic E-state index is 13.5. The Labute approximate surface area is 151 Å². The molecule has 0 atom stereocenters. The van der Waals surface area contributed by atoms with Gasteiger partial charge in [0.15, 0.2) is 0 Å². The van der Waals surface area contributed by atoms with Gasteiger partial charge in [0.2, 0.25) is 0 Å². The van der Waals surface area contributed by atoms with Gasteiger partial charge in [-0.1, -0.05) is 43.3 Å². The molecule has 0 fully saturated rings. The fourth-order valence-electron chi connectivity index (χ4n) is 2.82. The lowest BCUT2D eigenvalue weighted by Crippen LogP contribution is -2.22. The Kier molecular flexibility index (Phi) is 5.42. The quantitative estimate of drug-likeness (QED) is 0.614. The summed E-state index contributed by atoms with van der Waals surface area (Å²) in [5, 5.41) is 0. The first-order valence-corrected chi connectivity index (χ1v) is 8.48. The molecule has 4 heteroatoms. The molecular formula is C22H19F2NO. The summed E-state index contributed by atoms with van der Waals surface area (Å²) in [4.78, 5) is 12.7. The van der Waals surface area contributed by atoms with E-state index >= 15 is 0 Å². The molecule has 0 saturated carbocycles. The maximum atomic E-state index is 13.5. The Morgan fingerprint density at radius 3 is 2.23 bits per heavy atom. The molecule has 1 aromatic heterocycles. The standard InChI is InChI=1S/C22H19F2NO/c1-2-3-9-21-12-18(17-10-19(23)14-20(24)11-17)13-22(26)25(21)15-16-7-5-4-6-8-16/h3-14H,2,15H2,1H3. The van der Waals surface area contributed by atoms with E-state index in [1.165, 1.54) is 18.2 Å². The number of hydrogen-bond donors (Lipinski definition) is 0. The summed E-state index contributed by atoms with van der Waals surface area (Å²) in [5.74, 6) is -1.33. The third-order valence-corrected chi connectivity index (χ3v) is 4.06. The lowest BCUT2D eigenvalue weighted by atomic mass is 10.0. The van der Waals surface area contributed by atoms with Crippen molar-refractivity contribution >= 4 is 6.08 Å². The van der Waals surface area contributed by atoms with Crippen molar-refractivity contribution < 1.29 is 8.78 Å². The van der Waals surface area contributed by atoms with Crippen LogP contribution in [0, 0.1) is 11.6 Å². The highest BCUT2D eigenvalue weighted by Gasteiger charge is 2.09. The minimum absolute atomic E-state index is 0.216. The Balaban J connectivity index is 2.11. The molecule has 1 heterocycles. The molecule has 2 nitrogen and oxygen atoms in total. The number of allylic oxidation sites excluding steroid dienone is 1. The second kappa shape index (κ2) is 7.91. The molecule has 0 unspecified atom stereocenters. The minimum Gasteiger partial charge on any atom is -0.304 e. The number of halogens is 2. The molecule has 26 heavy (non-hydrogen) atoms. The second-order valence-corrected chi connectivity index (χ2v) is 6.05. The Hall–Kier alpha value is -3.01. The van der Waals surface area contributed by atoms with E-state index in [0.29, 0.717) is 23.4 Å². The molecule has 0 amide bonds. The molecule has 2 aromatic carbocycles. The van der Waals surface area contributed by atoms with Crippen LogP contribution in [0.1, 0.15) is 24.6 Å². The zero-order chi connectivity index (χ0) is 18.5. The predicted molar refractivity (Wildman–Crippen MR) is 101 cm³/mol. The van der Waals surface area contributed by atoms with Crippen molar-refractivity contribution in [2.24, 2.45) is 0 Å². The largest absolute Gasteiger partial charge is 0.304 e. The first kappa shape index (κ1) is 17.8. The van der Waals surface area contributed by atoms with Crippen molar-refractivity contribution in [1.29, 1.82) is 0 Å². The maximum Gasteiger partial charge on any atom is 0.251 e. The fourth-order valence-corrected chi connectivity index (χ4v) is 2.82. The van der Waals surface area contributed by atoms with Crippen LogP contribution in [0.2, 0.25) is 0 Å². The van der Waals surface area contributed by atoms with Gasteiger partial charge in [-0.2, -0.15) is 0 Å². The first-order valence-electron chi connectivity index (χ1n) is 8.48. The molecule has 0 spiro atoms. The summed E-state index contributed by atoms with van der Waals surface area (Å²) < 4.78 is 28.7. The van der Waals surface area contributed by atoms with Crippen LogP contribution in [0.25, 0.3) is 17.2 Å². The Bertz CT molecular complexity index is 971. The molecule has 132 valence electrons. The summed E-state index contributed by atoms with van der Waals surface area (Å²) in [6.07, 6.45) is 4.63. The number of aromatic nitrogens is 1. The monoisotopic (exact) mass is 351 g/mol. The molecule has 0 radical (unpaired) electrons. The first-order chi connectivity index (χ1) is 12.6. The summed E-state index contributed by atoms with van der Waals surface area (Å²) in [7, 11) is 0. The summed E-state index contributed by atoms with van der Waals surface area (Å²) in [5.41, 5.74) is 2.33. The van der Waals surface area contributed by atoms with Gasteiger partial charge in [0.25, 0.3) is 5.56 Å². The van der Waals surface area contributed by atoms with Crippen LogP contribution >= 0.6 is 0 Å². The average molecular weight is 351 g/mol. The molecular weight excluding hydrogens is 332 g/mol. The number of nitrogens with zero attached hydrogens (tertiary/aromatic N) is 1. The topological polar surface area (TPSA) is 22.0 Å². The smallest absolute Gasteiger partial charge is 0.251 e. The van der Waals surface area contributed by atoms with Crippen LogP contribution in [0.15, 0.2) is 71.5 Å². The molecule has 0 aliphatic carbocycles. The number of hydrogen-bond acceptors (Lipinski definition) is 1. The van der Waals surface area contributed by atoms with Gasteiger partial charge in [-0.15, -0.1) is 0 Å². The molecule has 0 aliphatic heterocycles. The zero-order valence-electron chi connectivity index (χ0n) is 14.5. The predicted octanol–water partition coefficient (Wildman–Crippen LogP) is 5.27. The third kappa shape index (κ3) is 4.14. The Morgan fingerprint density at radius 2 is 1.58 bits per heavy atom. The summed E-state index contributed by atoms with van der Waals surface area (Å²) in [6.45, 7) is 2.43. The zero-order valence-corrected chi connectivity index (χ0v) is 14.5. The van der Waals surface area contributed by atoms with Gasteiger partial charge in [0, 0.05) is 17.8 Å². The van der Waals surface area contributed by atoms with E-state index < -0.39 is 11.6 Å². The van der Waals surface area contributed by atoms with E-state index in [-0.39, 0.29) is 5.56 Å². The van der Waals surface area contributed by atoms with Crippen molar-refractivity contribution in [2.45, 2.75) is 19.9 Å². The van der Waals surface area contributed by atoms with Gasteiger partial charge >= 0.3 is 0 Å². The SMILES string of the molecule is CCC=Cc1cc(-c2cc(F)cc(F)c2)cc(=O)n1Cc1ccccc1. The van der Waals surface area contributed by atoms with Gasteiger partial charge in [-0.05, 0) is 47.4 Å². The van der Waals surface area contributed by atoms with Gasteiger partial charge in [-0.25, -0.2) is 8.78 Å². The average Bonchev–Trinajstić information content (AvgIpc) is 2.62. The van der Waals surface area contributed by atoms with E-state index in [9.17, 15) is 13.6 Å². The number of rotatable bonds is 5. The molecule has 0 bridgehead atoms. The van der Waals surface area contributed by atoms with Crippen molar-refractivity contribution in [3.63, 3.8) is 0 Å². The van der Waals surface area contributed by atoms with Gasteiger partial charge in [0.1, 0.15) is 11.6 Å². The normalized spacial score (nSPS) is 11.2. The number of benzene rings is 2. The van der Waals surface area contributed by atoms with Crippen molar-refractivity contribution in [1.82, 2.24) is 4.57 Å². The molecule has 0 aliphatic rings. The van der Waals surface area contributed by atoms with E-state index in [0.717, 1.165) is 18.1 Å². The van der Waals surface area contributed by atoms with Gasteiger partial charge in [-0.3, -0.25) is 4.79 Å². The van der Waals surface area contributed by atoms with E-state index in [2.05, 4.69) is 0 Å². The lowest BCUT2D eigenvalue weighted by molar-refractivity contribution is 0.584. The van der Waals surface area contributed by atoms with Crippen LogP contribution in [0.3, 0.4) is 0 Å². The molecule has 0 saturated heterocycles. The van der Waals surface area contributed by atoms with Crippen molar-refractivity contribution in [2.75, 3.05) is 0 Å². The van der Waals surface area contributed by atoms with Crippen LogP contribution in [-0.4, -0.2) is 4.57 Å². The fraction of sp³-hybridized carbons (Fsp3) is 0.136.